The van der Waals surface area contributed by atoms with E-state index in [1.54, 1.807) is 0 Å². The van der Waals surface area contributed by atoms with Gasteiger partial charge in [-0.1, -0.05) is 13.8 Å². The number of ether oxygens (including phenoxy) is 1. The van der Waals surface area contributed by atoms with Crippen LogP contribution in [0.25, 0.3) is 0 Å². The van der Waals surface area contributed by atoms with Gasteiger partial charge in [-0.05, 0) is 25.7 Å². The minimum absolute atomic E-state index is 0.0694. The average molecular weight is 271 g/mol. The Morgan fingerprint density at radius 3 is 2.79 bits per heavy atom. The van der Waals surface area contributed by atoms with Gasteiger partial charge in [0.05, 0.1) is 19.3 Å². The molecule has 1 heterocycles. The Morgan fingerprint density at radius 1 is 1.42 bits per heavy atom. The minimum Gasteiger partial charge on any atom is -0.374 e. The summed E-state index contributed by atoms with van der Waals surface area (Å²) >= 11 is 0. The van der Waals surface area contributed by atoms with Crippen molar-refractivity contribution in [2.45, 2.75) is 45.8 Å². The second-order valence-corrected chi connectivity index (χ2v) is 5.90. The molecule has 112 valence electrons. The Balaban J connectivity index is 2.22. The second-order valence-electron chi connectivity index (χ2n) is 5.90. The van der Waals surface area contributed by atoms with E-state index in [0.717, 1.165) is 25.9 Å². The Kier molecular flexibility index (Phi) is 7.34. The first-order chi connectivity index (χ1) is 9.01. The molecule has 1 aliphatic heterocycles. The van der Waals surface area contributed by atoms with Gasteiger partial charge >= 0.3 is 0 Å². The van der Waals surface area contributed by atoms with Gasteiger partial charge in [0.2, 0.25) is 5.91 Å². The van der Waals surface area contributed by atoms with Gasteiger partial charge in [0.25, 0.3) is 0 Å². The smallest absolute Gasteiger partial charge is 0.234 e. The molecule has 0 aromatic heterocycles. The molecule has 0 spiro atoms. The number of morpholine rings is 1. The summed E-state index contributed by atoms with van der Waals surface area (Å²) in [6, 6.07) is 0.251. The lowest BCUT2D eigenvalue weighted by atomic mass is 10.0. The first-order valence-electron chi connectivity index (χ1n) is 7.34. The molecule has 5 heteroatoms. The van der Waals surface area contributed by atoms with Crippen LogP contribution in [0.15, 0.2) is 0 Å². The van der Waals surface area contributed by atoms with E-state index in [0.29, 0.717) is 25.6 Å². The molecule has 3 N–H and O–H groups in total. The van der Waals surface area contributed by atoms with Gasteiger partial charge in [-0.2, -0.15) is 0 Å². The van der Waals surface area contributed by atoms with Crippen LogP contribution >= 0.6 is 0 Å². The zero-order chi connectivity index (χ0) is 14.3. The molecule has 1 rings (SSSR count). The highest BCUT2D eigenvalue weighted by Crippen LogP contribution is 2.07. The van der Waals surface area contributed by atoms with Gasteiger partial charge in [-0.3, -0.25) is 9.69 Å². The van der Waals surface area contributed by atoms with Crippen molar-refractivity contribution in [3.05, 3.63) is 0 Å². The Bertz CT molecular complexity index is 271. The summed E-state index contributed by atoms with van der Waals surface area (Å²) in [7, 11) is 0. The summed E-state index contributed by atoms with van der Waals surface area (Å²) in [4.78, 5) is 14.1. The zero-order valence-electron chi connectivity index (χ0n) is 12.5. The SMILES string of the molecule is CC(C)CCC(C)NC(=O)CN1CCOC(CN)C1. The van der Waals surface area contributed by atoms with Crippen molar-refractivity contribution in [1.29, 1.82) is 0 Å². The molecule has 0 bridgehead atoms. The number of carbonyl (C=O) groups is 1. The normalized spacial score (nSPS) is 22.5. The van der Waals surface area contributed by atoms with E-state index >= 15 is 0 Å². The Morgan fingerprint density at radius 2 is 2.16 bits per heavy atom. The summed E-state index contributed by atoms with van der Waals surface area (Å²) in [5.41, 5.74) is 5.59. The fourth-order valence-electron chi connectivity index (χ4n) is 2.25. The quantitative estimate of drug-likeness (QED) is 0.711. The largest absolute Gasteiger partial charge is 0.374 e. The number of carbonyl (C=O) groups excluding carboxylic acids is 1. The third-order valence-electron chi connectivity index (χ3n) is 3.44. The predicted octanol–water partition coefficient (Wildman–Crippen LogP) is 0.587. The van der Waals surface area contributed by atoms with E-state index < -0.39 is 0 Å². The Labute approximate surface area is 116 Å². The lowest BCUT2D eigenvalue weighted by Gasteiger charge is -2.32. The molecule has 5 nitrogen and oxygen atoms in total. The van der Waals surface area contributed by atoms with Crippen LogP contribution in [0.4, 0.5) is 0 Å². The summed E-state index contributed by atoms with van der Waals surface area (Å²) in [6.45, 7) is 9.67. The molecular formula is C14H29N3O2. The van der Waals surface area contributed by atoms with Gasteiger partial charge in [0.15, 0.2) is 0 Å². The fourth-order valence-corrected chi connectivity index (χ4v) is 2.25. The molecule has 0 aromatic carbocycles. The number of nitrogens with two attached hydrogens (primary N) is 1. The van der Waals surface area contributed by atoms with Crippen LogP contribution in [0.5, 0.6) is 0 Å². The molecule has 1 aliphatic rings. The number of hydrogen-bond acceptors (Lipinski definition) is 4. The van der Waals surface area contributed by atoms with Crippen LogP contribution in [0.2, 0.25) is 0 Å². The van der Waals surface area contributed by atoms with Crippen molar-refractivity contribution in [3.8, 4) is 0 Å². The highest BCUT2D eigenvalue weighted by molar-refractivity contribution is 5.78. The van der Waals surface area contributed by atoms with Crippen LogP contribution in [-0.2, 0) is 9.53 Å². The van der Waals surface area contributed by atoms with E-state index in [4.69, 9.17) is 10.5 Å². The van der Waals surface area contributed by atoms with Gasteiger partial charge < -0.3 is 15.8 Å². The van der Waals surface area contributed by atoms with Crippen molar-refractivity contribution in [2.75, 3.05) is 32.8 Å². The van der Waals surface area contributed by atoms with Crippen LogP contribution < -0.4 is 11.1 Å². The van der Waals surface area contributed by atoms with Gasteiger partial charge in [0, 0.05) is 25.7 Å². The molecule has 2 atom stereocenters. The maximum absolute atomic E-state index is 11.9. The summed E-state index contributed by atoms with van der Waals surface area (Å²) in [5.74, 6) is 0.790. The van der Waals surface area contributed by atoms with E-state index in [1.165, 1.54) is 0 Å². The number of rotatable bonds is 7. The fraction of sp³-hybridized carbons (Fsp3) is 0.929. The lowest BCUT2D eigenvalue weighted by molar-refractivity contribution is -0.124. The molecule has 19 heavy (non-hydrogen) atoms. The van der Waals surface area contributed by atoms with Crippen LogP contribution in [0, 0.1) is 5.92 Å². The third kappa shape index (κ3) is 6.89. The van der Waals surface area contributed by atoms with E-state index in [1.807, 2.05) is 0 Å². The first-order valence-corrected chi connectivity index (χ1v) is 7.34. The monoisotopic (exact) mass is 271 g/mol. The van der Waals surface area contributed by atoms with Gasteiger partial charge in [-0.15, -0.1) is 0 Å². The van der Waals surface area contributed by atoms with Crippen molar-refractivity contribution < 1.29 is 9.53 Å². The average Bonchev–Trinajstić information content (AvgIpc) is 2.36. The standard InChI is InChI=1S/C14H29N3O2/c1-11(2)4-5-12(3)16-14(18)10-17-6-7-19-13(8-15)9-17/h11-13H,4-10,15H2,1-3H3,(H,16,18). The van der Waals surface area contributed by atoms with Crippen LogP contribution in [0.1, 0.15) is 33.6 Å². The first kappa shape index (κ1) is 16.4. The maximum atomic E-state index is 11.9. The maximum Gasteiger partial charge on any atom is 0.234 e. The van der Waals surface area contributed by atoms with Crippen LogP contribution in [-0.4, -0.2) is 55.7 Å². The molecule has 0 saturated carbocycles. The highest BCUT2D eigenvalue weighted by atomic mass is 16.5. The molecule has 0 aliphatic carbocycles. The molecule has 2 unspecified atom stereocenters. The summed E-state index contributed by atoms with van der Waals surface area (Å²) < 4.78 is 5.49. The van der Waals surface area contributed by atoms with Gasteiger partial charge in [-0.25, -0.2) is 0 Å². The molecule has 1 fully saturated rings. The van der Waals surface area contributed by atoms with Crippen molar-refractivity contribution in [2.24, 2.45) is 11.7 Å². The highest BCUT2D eigenvalue weighted by Gasteiger charge is 2.21. The summed E-state index contributed by atoms with van der Waals surface area (Å²) in [6.07, 6.45) is 2.26. The van der Waals surface area contributed by atoms with Gasteiger partial charge in [0.1, 0.15) is 0 Å². The van der Waals surface area contributed by atoms with Crippen molar-refractivity contribution in [1.82, 2.24) is 10.2 Å². The summed E-state index contributed by atoms with van der Waals surface area (Å²) in [5, 5.41) is 3.06. The van der Waals surface area contributed by atoms with E-state index in [2.05, 4.69) is 31.0 Å². The van der Waals surface area contributed by atoms with Crippen LogP contribution in [0.3, 0.4) is 0 Å². The molecule has 1 saturated heterocycles. The lowest BCUT2D eigenvalue weighted by Crippen LogP contribution is -2.49. The number of nitrogens with one attached hydrogen (secondary N) is 1. The minimum atomic E-state index is 0.0694. The van der Waals surface area contributed by atoms with Crippen molar-refractivity contribution >= 4 is 5.91 Å². The molecule has 0 radical (unpaired) electrons. The predicted molar refractivity (Wildman–Crippen MR) is 76.9 cm³/mol. The molecular weight excluding hydrogens is 242 g/mol. The van der Waals surface area contributed by atoms with E-state index in [-0.39, 0.29) is 18.1 Å². The number of nitrogens with zero attached hydrogens (tertiary/aromatic N) is 1. The molecule has 0 aromatic rings. The topological polar surface area (TPSA) is 67.6 Å². The zero-order valence-corrected chi connectivity index (χ0v) is 12.5. The third-order valence-corrected chi connectivity index (χ3v) is 3.44. The van der Waals surface area contributed by atoms with E-state index in [9.17, 15) is 4.79 Å². The van der Waals surface area contributed by atoms with Crippen molar-refractivity contribution in [3.63, 3.8) is 0 Å². The number of hydrogen-bond donors (Lipinski definition) is 2. The second kappa shape index (κ2) is 8.51. The molecule has 1 amide bonds. The number of amides is 1. The Hall–Kier alpha value is -0.650.